The molecule has 0 spiro atoms. The van der Waals surface area contributed by atoms with Crippen LogP contribution in [0.15, 0.2) is 34.8 Å². The van der Waals surface area contributed by atoms with Crippen molar-refractivity contribution >= 4 is 21.8 Å². The van der Waals surface area contributed by atoms with E-state index in [1.165, 1.54) is 16.7 Å². The molecule has 0 radical (unpaired) electrons. The monoisotopic (exact) mass is 389 g/mol. The van der Waals surface area contributed by atoms with Gasteiger partial charge in [-0.05, 0) is 80.6 Å². The number of aryl methyl sites for hydroxylation is 4. The Labute approximate surface area is 152 Å². The smallest absolute Gasteiger partial charge is 0.258 e. The summed E-state index contributed by atoms with van der Waals surface area (Å²) in [6, 6.07) is 9.94. The lowest BCUT2D eigenvalue weighted by molar-refractivity contribution is -0.123. The van der Waals surface area contributed by atoms with Crippen LogP contribution in [0.25, 0.3) is 0 Å². The van der Waals surface area contributed by atoms with Crippen molar-refractivity contribution in [3.8, 4) is 5.75 Å². The van der Waals surface area contributed by atoms with Crippen LogP contribution in [0.4, 0.5) is 0 Å². The Balaban J connectivity index is 1.96. The second kappa shape index (κ2) is 7.84. The van der Waals surface area contributed by atoms with Crippen molar-refractivity contribution in [2.75, 3.05) is 6.61 Å². The molecule has 0 aromatic heterocycles. The molecule has 1 amide bonds. The molecule has 1 atom stereocenters. The predicted molar refractivity (Wildman–Crippen MR) is 102 cm³/mol. The maximum absolute atomic E-state index is 12.2. The summed E-state index contributed by atoms with van der Waals surface area (Å²) in [5.74, 6) is 0.571. The van der Waals surface area contributed by atoms with E-state index >= 15 is 0 Å². The molecule has 2 aromatic rings. The average Bonchev–Trinajstić information content (AvgIpc) is 2.52. The van der Waals surface area contributed by atoms with Gasteiger partial charge in [-0.3, -0.25) is 4.79 Å². The summed E-state index contributed by atoms with van der Waals surface area (Å²) in [5.41, 5.74) is 5.91. The average molecular weight is 390 g/mol. The van der Waals surface area contributed by atoms with Gasteiger partial charge in [0.05, 0.1) is 6.04 Å². The topological polar surface area (TPSA) is 38.3 Å². The second-order valence-electron chi connectivity index (χ2n) is 6.28. The van der Waals surface area contributed by atoms with E-state index in [1.807, 2.05) is 32.0 Å². The fraction of sp³-hybridized carbons (Fsp3) is 0.350. The van der Waals surface area contributed by atoms with Crippen molar-refractivity contribution in [3.63, 3.8) is 0 Å². The number of ether oxygens (including phenoxy) is 1. The van der Waals surface area contributed by atoms with Gasteiger partial charge in [-0.1, -0.05) is 28.1 Å². The summed E-state index contributed by atoms with van der Waals surface area (Å²) >= 11 is 3.45. The molecule has 0 aliphatic carbocycles. The lowest BCUT2D eigenvalue weighted by Gasteiger charge is -2.18. The zero-order valence-corrected chi connectivity index (χ0v) is 16.5. The summed E-state index contributed by atoms with van der Waals surface area (Å²) in [5, 5.41) is 3.01. The molecule has 2 aromatic carbocycles. The van der Waals surface area contributed by atoms with Gasteiger partial charge in [-0.25, -0.2) is 0 Å². The SMILES string of the molecule is Cc1cc(C)c(C(C)NC(=O)COc2ccc(Br)c(C)c2)cc1C. The van der Waals surface area contributed by atoms with E-state index in [-0.39, 0.29) is 18.6 Å². The van der Waals surface area contributed by atoms with Crippen molar-refractivity contribution in [2.24, 2.45) is 0 Å². The number of carbonyl (C=O) groups excluding carboxylic acids is 1. The van der Waals surface area contributed by atoms with Crippen molar-refractivity contribution in [1.29, 1.82) is 0 Å². The Morgan fingerprint density at radius 3 is 2.38 bits per heavy atom. The minimum atomic E-state index is -0.124. The maximum Gasteiger partial charge on any atom is 0.258 e. The predicted octanol–water partition coefficient (Wildman–Crippen LogP) is 4.94. The zero-order chi connectivity index (χ0) is 17.9. The molecule has 3 nitrogen and oxygen atoms in total. The summed E-state index contributed by atoms with van der Waals surface area (Å²) in [7, 11) is 0. The standard InChI is InChI=1S/C20H24BrNO2/c1-12-8-14(3)18(10-13(12)2)16(5)22-20(23)11-24-17-6-7-19(21)15(4)9-17/h6-10,16H,11H2,1-5H3,(H,22,23). The van der Waals surface area contributed by atoms with Crippen LogP contribution in [0.3, 0.4) is 0 Å². The Kier molecular flexibility index (Phi) is 6.05. The molecule has 0 fully saturated rings. The third kappa shape index (κ3) is 4.60. The first-order valence-electron chi connectivity index (χ1n) is 8.04. The molecular weight excluding hydrogens is 366 g/mol. The van der Waals surface area contributed by atoms with Crippen molar-refractivity contribution < 1.29 is 9.53 Å². The Bertz CT molecular complexity index is 756. The molecule has 0 aliphatic rings. The van der Waals surface area contributed by atoms with E-state index in [2.05, 4.69) is 54.2 Å². The number of rotatable bonds is 5. The normalized spacial score (nSPS) is 11.9. The van der Waals surface area contributed by atoms with E-state index < -0.39 is 0 Å². The van der Waals surface area contributed by atoms with Gasteiger partial charge in [-0.15, -0.1) is 0 Å². The van der Waals surface area contributed by atoms with Crippen LogP contribution in [0.5, 0.6) is 5.75 Å². The van der Waals surface area contributed by atoms with Crippen molar-refractivity contribution in [2.45, 2.75) is 40.7 Å². The molecule has 1 unspecified atom stereocenters. The highest BCUT2D eigenvalue weighted by Gasteiger charge is 2.13. The molecule has 0 heterocycles. The molecule has 2 rings (SSSR count). The number of benzene rings is 2. The van der Waals surface area contributed by atoms with Crippen LogP contribution >= 0.6 is 15.9 Å². The number of amides is 1. The third-order valence-corrected chi connectivity index (χ3v) is 5.12. The minimum absolute atomic E-state index is 0.00923. The first-order valence-corrected chi connectivity index (χ1v) is 8.83. The molecular formula is C20H24BrNO2. The van der Waals surface area contributed by atoms with Crippen LogP contribution in [0, 0.1) is 27.7 Å². The highest BCUT2D eigenvalue weighted by atomic mass is 79.9. The quantitative estimate of drug-likeness (QED) is 0.786. The highest BCUT2D eigenvalue weighted by molar-refractivity contribution is 9.10. The van der Waals surface area contributed by atoms with Gasteiger partial charge in [0.25, 0.3) is 5.91 Å². The van der Waals surface area contributed by atoms with Crippen LogP contribution in [-0.2, 0) is 4.79 Å². The molecule has 1 N–H and O–H groups in total. The van der Waals surface area contributed by atoms with Crippen LogP contribution in [0.1, 0.15) is 40.8 Å². The van der Waals surface area contributed by atoms with Crippen molar-refractivity contribution in [3.05, 3.63) is 62.6 Å². The number of hydrogen-bond acceptors (Lipinski definition) is 2. The van der Waals surface area contributed by atoms with Gasteiger partial charge in [-0.2, -0.15) is 0 Å². The lowest BCUT2D eigenvalue weighted by atomic mass is 9.96. The molecule has 128 valence electrons. The first kappa shape index (κ1) is 18.5. The molecule has 0 aliphatic heterocycles. The fourth-order valence-corrected chi connectivity index (χ4v) is 2.91. The Morgan fingerprint density at radius 1 is 1.04 bits per heavy atom. The van der Waals surface area contributed by atoms with Gasteiger partial charge in [0.1, 0.15) is 5.75 Å². The summed E-state index contributed by atoms with van der Waals surface area (Å²) in [4.78, 5) is 12.2. The molecule has 0 bridgehead atoms. The highest BCUT2D eigenvalue weighted by Crippen LogP contribution is 2.23. The third-order valence-electron chi connectivity index (χ3n) is 4.23. The fourth-order valence-electron chi connectivity index (χ4n) is 2.67. The first-order chi connectivity index (χ1) is 11.3. The number of hydrogen-bond donors (Lipinski definition) is 1. The van der Waals surface area contributed by atoms with E-state index in [0.717, 1.165) is 15.6 Å². The molecule has 24 heavy (non-hydrogen) atoms. The largest absolute Gasteiger partial charge is 0.484 e. The zero-order valence-electron chi connectivity index (χ0n) is 14.9. The molecule has 4 heteroatoms. The Morgan fingerprint density at radius 2 is 1.71 bits per heavy atom. The summed E-state index contributed by atoms with van der Waals surface area (Å²) in [6.45, 7) is 10.3. The van der Waals surface area contributed by atoms with E-state index in [9.17, 15) is 4.79 Å². The number of nitrogens with one attached hydrogen (secondary N) is 1. The van der Waals surface area contributed by atoms with Gasteiger partial charge in [0, 0.05) is 4.47 Å². The Hall–Kier alpha value is -1.81. The summed E-state index contributed by atoms with van der Waals surface area (Å²) < 4.78 is 6.61. The number of carbonyl (C=O) groups is 1. The molecule has 0 saturated carbocycles. The van der Waals surface area contributed by atoms with Crippen LogP contribution in [0.2, 0.25) is 0 Å². The van der Waals surface area contributed by atoms with Gasteiger partial charge >= 0.3 is 0 Å². The van der Waals surface area contributed by atoms with E-state index in [4.69, 9.17) is 4.74 Å². The van der Waals surface area contributed by atoms with Crippen molar-refractivity contribution in [1.82, 2.24) is 5.32 Å². The summed E-state index contributed by atoms with van der Waals surface area (Å²) in [6.07, 6.45) is 0. The van der Waals surface area contributed by atoms with Crippen LogP contribution in [-0.4, -0.2) is 12.5 Å². The molecule has 0 saturated heterocycles. The van der Waals surface area contributed by atoms with E-state index in [1.54, 1.807) is 0 Å². The van der Waals surface area contributed by atoms with Gasteiger partial charge in [0.2, 0.25) is 0 Å². The minimum Gasteiger partial charge on any atom is -0.484 e. The maximum atomic E-state index is 12.2. The van der Waals surface area contributed by atoms with Gasteiger partial charge in [0.15, 0.2) is 6.61 Å². The second-order valence-corrected chi connectivity index (χ2v) is 7.14. The van der Waals surface area contributed by atoms with Crippen LogP contribution < -0.4 is 10.1 Å². The number of halogens is 1. The van der Waals surface area contributed by atoms with E-state index in [0.29, 0.717) is 5.75 Å². The van der Waals surface area contributed by atoms with Gasteiger partial charge < -0.3 is 10.1 Å². The lowest BCUT2D eigenvalue weighted by Crippen LogP contribution is -2.31.